The van der Waals surface area contributed by atoms with Crippen molar-refractivity contribution >= 4 is 16.6 Å². The lowest BCUT2D eigenvalue weighted by Crippen LogP contribution is -2.19. The van der Waals surface area contributed by atoms with Gasteiger partial charge in [0.25, 0.3) is 0 Å². The van der Waals surface area contributed by atoms with E-state index in [1.807, 2.05) is 36.4 Å². The second kappa shape index (κ2) is 18.1. The molecule has 0 spiro atoms. The molecule has 0 radical (unpaired) electrons. The van der Waals surface area contributed by atoms with Gasteiger partial charge in [-0.3, -0.25) is 4.79 Å². The van der Waals surface area contributed by atoms with E-state index in [-0.39, 0.29) is 25.6 Å². The van der Waals surface area contributed by atoms with E-state index in [0.29, 0.717) is 65.0 Å². The summed E-state index contributed by atoms with van der Waals surface area (Å²) in [5.41, 5.74) is 0.688. The van der Waals surface area contributed by atoms with Crippen molar-refractivity contribution in [3.8, 4) is 5.75 Å². The molecule has 0 heterocycles. The first kappa shape index (κ1) is 30.9. The van der Waals surface area contributed by atoms with Crippen molar-refractivity contribution in [1.82, 2.24) is 0 Å². The summed E-state index contributed by atoms with van der Waals surface area (Å²) >= 11 is 0. The maximum Gasteiger partial charge on any atom is 0.411 e. The first-order valence-corrected chi connectivity index (χ1v) is 12.1. The molecule has 2 aromatic carbocycles. The first-order chi connectivity index (χ1) is 17.8. The highest BCUT2D eigenvalue weighted by Gasteiger charge is 2.27. The Morgan fingerprint density at radius 3 is 1.54 bits per heavy atom. The largest absolute Gasteiger partial charge is 0.491 e. The van der Waals surface area contributed by atoms with Crippen LogP contribution < -0.4 is 4.74 Å². The predicted octanol–water partition coefficient (Wildman–Crippen LogP) is 4.08. The normalized spacial score (nSPS) is 11.8. The highest BCUT2D eigenvalue weighted by molar-refractivity contribution is 5.98. The molecular weight excluding hydrogens is 497 g/mol. The van der Waals surface area contributed by atoms with Crippen molar-refractivity contribution in [2.24, 2.45) is 0 Å². The minimum absolute atomic E-state index is 0.0407. The monoisotopic (exact) mass is 532 g/mol. The second-order valence-corrected chi connectivity index (χ2v) is 7.86. The van der Waals surface area contributed by atoms with Crippen LogP contribution in [0.3, 0.4) is 0 Å². The SMILES string of the molecule is CC(=O)c1ccc2cc(OCCOCCOCCOCCOCCOCCOCC(F)(F)F)ccc2c1. The van der Waals surface area contributed by atoms with Crippen LogP contribution in [0.5, 0.6) is 5.75 Å². The van der Waals surface area contributed by atoms with Crippen molar-refractivity contribution in [1.29, 1.82) is 0 Å². The highest BCUT2D eigenvalue weighted by atomic mass is 19.4. The molecular formula is C26H35F3O8. The lowest BCUT2D eigenvalue weighted by atomic mass is 10.0. The van der Waals surface area contributed by atoms with Crippen LogP contribution in [0.4, 0.5) is 13.2 Å². The zero-order valence-corrected chi connectivity index (χ0v) is 21.1. The van der Waals surface area contributed by atoms with E-state index in [0.717, 1.165) is 16.5 Å². The Labute approximate surface area is 214 Å². The van der Waals surface area contributed by atoms with Crippen molar-refractivity contribution < 1.29 is 51.1 Å². The molecule has 0 aliphatic heterocycles. The van der Waals surface area contributed by atoms with Crippen molar-refractivity contribution in [2.45, 2.75) is 13.1 Å². The average Bonchev–Trinajstić information content (AvgIpc) is 2.86. The third-order valence-electron chi connectivity index (χ3n) is 4.84. The van der Waals surface area contributed by atoms with E-state index in [2.05, 4.69) is 4.74 Å². The molecule has 0 saturated heterocycles. The molecule has 0 aliphatic rings. The third kappa shape index (κ3) is 14.9. The standard InChI is InChI=1S/C26H35F3O8/c1-21(30)22-2-3-24-19-25(5-4-23(24)18-22)37-17-16-35-13-12-33-9-8-31-6-7-32-10-11-34-14-15-36-20-26(27,28)29/h2-5,18-19H,6-17,20H2,1H3. The summed E-state index contributed by atoms with van der Waals surface area (Å²) < 4.78 is 72.4. The van der Waals surface area contributed by atoms with E-state index in [4.69, 9.17) is 28.4 Å². The number of halogens is 3. The van der Waals surface area contributed by atoms with Crippen LogP contribution in [0.2, 0.25) is 0 Å². The number of hydrogen-bond acceptors (Lipinski definition) is 8. The second-order valence-electron chi connectivity index (χ2n) is 7.86. The van der Waals surface area contributed by atoms with E-state index in [1.54, 1.807) is 6.92 Å². The molecule has 0 unspecified atom stereocenters. The van der Waals surface area contributed by atoms with Gasteiger partial charge in [0.15, 0.2) is 5.78 Å². The van der Waals surface area contributed by atoms with Gasteiger partial charge >= 0.3 is 6.18 Å². The summed E-state index contributed by atoms with van der Waals surface area (Å²) in [7, 11) is 0. The summed E-state index contributed by atoms with van der Waals surface area (Å²) in [6.45, 7) is 4.22. The Morgan fingerprint density at radius 1 is 0.622 bits per heavy atom. The lowest BCUT2D eigenvalue weighted by molar-refractivity contribution is -0.176. The third-order valence-corrected chi connectivity index (χ3v) is 4.84. The predicted molar refractivity (Wildman–Crippen MR) is 130 cm³/mol. The Kier molecular flexibility index (Phi) is 15.1. The molecule has 11 heteroatoms. The molecule has 0 amide bonds. The van der Waals surface area contributed by atoms with Crippen LogP contribution >= 0.6 is 0 Å². The summed E-state index contributed by atoms with van der Waals surface area (Å²) in [5, 5.41) is 2.00. The molecule has 0 atom stereocenters. The Bertz CT molecular complexity index is 907. The number of ketones is 1. The van der Waals surface area contributed by atoms with Gasteiger partial charge in [0.2, 0.25) is 0 Å². The molecule has 0 bridgehead atoms. The van der Waals surface area contributed by atoms with Gasteiger partial charge in [-0.15, -0.1) is 0 Å². The van der Waals surface area contributed by atoms with E-state index >= 15 is 0 Å². The molecule has 0 fully saturated rings. The van der Waals surface area contributed by atoms with Crippen LogP contribution in [-0.4, -0.2) is 97.8 Å². The topological polar surface area (TPSA) is 81.7 Å². The summed E-state index contributed by atoms with van der Waals surface area (Å²) in [5.74, 6) is 0.782. The fourth-order valence-corrected chi connectivity index (χ4v) is 3.04. The fraction of sp³-hybridized carbons (Fsp3) is 0.577. The van der Waals surface area contributed by atoms with Crippen LogP contribution in [0, 0.1) is 0 Å². The molecule has 0 N–H and O–H groups in total. The summed E-state index contributed by atoms with van der Waals surface area (Å²) in [4.78, 5) is 11.5. The number of ether oxygens (including phenoxy) is 7. The van der Waals surface area contributed by atoms with Gasteiger partial charge in [-0.1, -0.05) is 18.2 Å². The average molecular weight is 533 g/mol. The van der Waals surface area contributed by atoms with Crippen molar-refractivity contribution in [3.63, 3.8) is 0 Å². The maximum atomic E-state index is 11.9. The number of benzene rings is 2. The fourth-order valence-electron chi connectivity index (χ4n) is 3.04. The molecule has 8 nitrogen and oxygen atoms in total. The van der Waals surface area contributed by atoms with Crippen molar-refractivity contribution in [3.05, 3.63) is 42.0 Å². The quantitative estimate of drug-likeness (QED) is 0.176. The first-order valence-electron chi connectivity index (χ1n) is 12.1. The van der Waals surface area contributed by atoms with Crippen LogP contribution in [0.1, 0.15) is 17.3 Å². The Balaban J connectivity index is 1.33. The molecule has 0 saturated carbocycles. The van der Waals surface area contributed by atoms with Gasteiger partial charge in [0, 0.05) is 5.56 Å². The number of Topliss-reactive ketones (excluding diaryl/α,β-unsaturated/α-hetero) is 1. The van der Waals surface area contributed by atoms with Gasteiger partial charge in [0.1, 0.15) is 19.0 Å². The number of carbonyl (C=O) groups excluding carboxylic acids is 1. The number of fused-ring (bicyclic) bond motifs is 1. The molecule has 208 valence electrons. The van der Waals surface area contributed by atoms with E-state index in [1.165, 1.54) is 0 Å². The molecule has 0 aromatic heterocycles. The zero-order chi connectivity index (χ0) is 26.8. The highest BCUT2D eigenvalue weighted by Crippen LogP contribution is 2.22. The summed E-state index contributed by atoms with van der Waals surface area (Å²) in [6, 6.07) is 11.3. The van der Waals surface area contributed by atoms with E-state index in [9.17, 15) is 18.0 Å². The van der Waals surface area contributed by atoms with Gasteiger partial charge in [-0.05, 0) is 35.9 Å². The summed E-state index contributed by atoms with van der Waals surface area (Å²) in [6.07, 6.45) is -4.32. The Morgan fingerprint density at radius 2 is 1.05 bits per heavy atom. The number of rotatable bonds is 21. The minimum atomic E-state index is -4.32. The molecule has 2 rings (SSSR count). The van der Waals surface area contributed by atoms with Crippen LogP contribution in [-0.2, 0) is 28.4 Å². The smallest absolute Gasteiger partial charge is 0.411 e. The molecule has 0 aliphatic carbocycles. The van der Waals surface area contributed by atoms with Gasteiger partial charge in [-0.2, -0.15) is 13.2 Å². The number of hydrogen-bond donors (Lipinski definition) is 0. The van der Waals surface area contributed by atoms with E-state index < -0.39 is 12.8 Å². The van der Waals surface area contributed by atoms with Gasteiger partial charge in [0.05, 0.1) is 72.7 Å². The lowest BCUT2D eigenvalue weighted by Gasteiger charge is -2.09. The minimum Gasteiger partial charge on any atom is -0.491 e. The van der Waals surface area contributed by atoms with Crippen molar-refractivity contribution in [2.75, 3.05) is 85.9 Å². The van der Waals surface area contributed by atoms with Crippen LogP contribution in [0.25, 0.3) is 10.8 Å². The number of alkyl halides is 3. The zero-order valence-electron chi connectivity index (χ0n) is 21.1. The van der Waals surface area contributed by atoms with Crippen LogP contribution in [0.15, 0.2) is 36.4 Å². The number of carbonyl (C=O) groups is 1. The maximum absolute atomic E-state index is 11.9. The van der Waals surface area contributed by atoms with Gasteiger partial charge in [-0.25, -0.2) is 0 Å². The Hall–Kier alpha value is -2.28. The van der Waals surface area contributed by atoms with Gasteiger partial charge < -0.3 is 33.2 Å². The molecule has 37 heavy (non-hydrogen) atoms. The molecule has 2 aromatic rings.